The zero-order chi connectivity index (χ0) is 13.2. The molecule has 96 valence electrons. The molecule has 0 radical (unpaired) electrons. The Morgan fingerprint density at radius 3 is 2.00 bits per heavy atom. The number of hydrogen-bond acceptors (Lipinski definition) is 1. The Hall–Kier alpha value is -0.773. The number of guanidine groups is 1. The van der Waals surface area contributed by atoms with E-state index < -0.39 is 8.07 Å². The summed E-state index contributed by atoms with van der Waals surface area (Å²) >= 11 is 0. The van der Waals surface area contributed by atoms with E-state index in [1.807, 2.05) is 26.0 Å². The van der Waals surface area contributed by atoms with Gasteiger partial charge in [0.05, 0.1) is 8.07 Å². The van der Waals surface area contributed by atoms with Crippen molar-refractivity contribution in [1.82, 2.24) is 10.2 Å². The van der Waals surface area contributed by atoms with Crippen molar-refractivity contribution in [3.8, 4) is 0 Å². The molecular weight excluding hydrogens is 214 g/mol. The third kappa shape index (κ3) is 9.77. The second kappa shape index (κ2) is 9.45. The van der Waals surface area contributed by atoms with Gasteiger partial charge in [-0.15, -0.1) is 12.3 Å². The Balaban J connectivity index is 0. The van der Waals surface area contributed by atoms with E-state index >= 15 is 0 Å². The molecule has 0 aromatic carbocycles. The van der Waals surface area contributed by atoms with Gasteiger partial charge in [-0.2, -0.15) is 0 Å². The molecule has 0 heterocycles. The fourth-order valence-electron chi connectivity index (χ4n) is 1.28. The average molecular weight is 243 g/mol. The SMILES string of the molecule is C=C[Si](C)(C)CCC.CN=C(NC)N(C)C. The van der Waals surface area contributed by atoms with E-state index in [9.17, 15) is 0 Å². The summed E-state index contributed by atoms with van der Waals surface area (Å²) in [4.78, 5) is 5.85. The van der Waals surface area contributed by atoms with E-state index in [-0.39, 0.29) is 0 Å². The third-order valence-electron chi connectivity index (χ3n) is 2.31. The van der Waals surface area contributed by atoms with Gasteiger partial charge in [-0.1, -0.05) is 32.5 Å². The molecule has 0 aliphatic rings. The summed E-state index contributed by atoms with van der Waals surface area (Å²) in [5, 5.41) is 2.93. The Bertz CT molecular complexity index is 210. The third-order valence-corrected chi connectivity index (χ3v) is 5.20. The number of aliphatic imine (C=N–C) groups is 1. The summed E-state index contributed by atoms with van der Waals surface area (Å²) in [6.45, 7) is 10.7. The standard InChI is InChI=1S/C7H16Si.C5H13N3/c1-5-7-8(3,4)6-2;1-6-5(7-2)8(3)4/h6H,2,5,7H2,1,3-4H3;1-4H3,(H,6,7). The Kier molecular flexibility index (Phi) is 10.4. The normalized spacial score (nSPS) is 11.3. The van der Waals surface area contributed by atoms with Crippen LogP contribution in [0.5, 0.6) is 0 Å². The highest BCUT2D eigenvalue weighted by Gasteiger charge is 2.12. The molecule has 1 N–H and O–H groups in total. The second-order valence-corrected chi connectivity index (χ2v) is 9.52. The van der Waals surface area contributed by atoms with Crippen LogP contribution in [0, 0.1) is 0 Å². The fraction of sp³-hybridized carbons (Fsp3) is 0.750. The summed E-state index contributed by atoms with van der Waals surface area (Å²) < 4.78 is 0. The van der Waals surface area contributed by atoms with Crippen LogP contribution in [0.4, 0.5) is 0 Å². The van der Waals surface area contributed by atoms with E-state index in [2.05, 4.69) is 42.6 Å². The topological polar surface area (TPSA) is 27.6 Å². The van der Waals surface area contributed by atoms with Crippen LogP contribution < -0.4 is 5.32 Å². The van der Waals surface area contributed by atoms with E-state index in [1.165, 1.54) is 12.5 Å². The van der Waals surface area contributed by atoms with E-state index in [4.69, 9.17) is 0 Å². The average Bonchev–Trinajstić information content (AvgIpc) is 2.20. The molecule has 0 aliphatic heterocycles. The van der Waals surface area contributed by atoms with Gasteiger partial charge in [-0.05, 0) is 0 Å². The van der Waals surface area contributed by atoms with Crippen LogP contribution in [0.1, 0.15) is 13.3 Å². The summed E-state index contributed by atoms with van der Waals surface area (Å²) in [7, 11) is 6.58. The summed E-state index contributed by atoms with van der Waals surface area (Å²) in [5.74, 6) is 0.894. The monoisotopic (exact) mass is 243 g/mol. The molecule has 0 fully saturated rings. The maximum absolute atomic E-state index is 3.94. The van der Waals surface area contributed by atoms with Crippen LogP contribution >= 0.6 is 0 Å². The van der Waals surface area contributed by atoms with Crippen LogP contribution in [0.15, 0.2) is 17.3 Å². The van der Waals surface area contributed by atoms with Gasteiger partial charge in [0.2, 0.25) is 0 Å². The van der Waals surface area contributed by atoms with Crippen molar-refractivity contribution in [1.29, 1.82) is 0 Å². The van der Waals surface area contributed by atoms with E-state index in [1.54, 1.807) is 7.05 Å². The van der Waals surface area contributed by atoms with Crippen molar-refractivity contribution in [2.24, 2.45) is 4.99 Å². The highest BCUT2D eigenvalue weighted by atomic mass is 28.3. The van der Waals surface area contributed by atoms with Crippen molar-refractivity contribution in [2.45, 2.75) is 32.5 Å². The number of rotatable bonds is 3. The molecule has 0 amide bonds. The number of nitrogens with one attached hydrogen (secondary N) is 1. The fourth-order valence-corrected chi connectivity index (χ4v) is 2.77. The van der Waals surface area contributed by atoms with Gasteiger partial charge >= 0.3 is 0 Å². The quantitative estimate of drug-likeness (QED) is 0.469. The maximum atomic E-state index is 3.94. The Labute approximate surface area is 103 Å². The van der Waals surface area contributed by atoms with Crippen molar-refractivity contribution in [2.75, 3.05) is 28.2 Å². The highest BCUT2D eigenvalue weighted by molar-refractivity contribution is 6.82. The van der Waals surface area contributed by atoms with E-state index in [0.717, 1.165) is 5.96 Å². The summed E-state index contributed by atoms with van der Waals surface area (Å²) in [6, 6.07) is 1.39. The lowest BCUT2D eigenvalue weighted by Crippen LogP contribution is -2.33. The van der Waals surface area contributed by atoms with Crippen molar-refractivity contribution in [3.63, 3.8) is 0 Å². The van der Waals surface area contributed by atoms with Gasteiger partial charge in [-0.3, -0.25) is 4.99 Å². The predicted octanol–water partition coefficient (Wildman–Crippen LogP) is 2.58. The molecule has 0 spiro atoms. The van der Waals surface area contributed by atoms with Crippen LogP contribution in [0.25, 0.3) is 0 Å². The largest absolute Gasteiger partial charge is 0.359 e. The van der Waals surface area contributed by atoms with Crippen molar-refractivity contribution in [3.05, 3.63) is 12.3 Å². The van der Waals surface area contributed by atoms with Crippen molar-refractivity contribution < 1.29 is 0 Å². The van der Waals surface area contributed by atoms with Gasteiger partial charge in [0.25, 0.3) is 0 Å². The molecule has 3 nitrogen and oxygen atoms in total. The van der Waals surface area contributed by atoms with Crippen molar-refractivity contribution >= 4 is 14.0 Å². The molecule has 4 heteroatoms. The summed E-state index contributed by atoms with van der Waals surface area (Å²) in [5.41, 5.74) is 2.16. The molecule has 0 saturated heterocycles. The highest BCUT2D eigenvalue weighted by Crippen LogP contribution is 2.11. The lowest BCUT2D eigenvalue weighted by atomic mass is 10.6. The number of hydrogen-bond donors (Lipinski definition) is 1. The molecule has 16 heavy (non-hydrogen) atoms. The van der Waals surface area contributed by atoms with Crippen LogP contribution in [-0.2, 0) is 0 Å². The molecule has 0 bridgehead atoms. The molecule has 0 aliphatic carbocycles. The first-order valence-electron chi connectivity index (χ1n) is 5.80. The minimum Gasteiger partial charge on any atom is -0.359 e. The first-order valence-corrected chi connectivity index (χ1v) is 9.08. The molecule has 0 atom stereocenters. The zero-order valence-corrected chi connectivity index (χ0v) is 13.1. The predicted molar refractivity (Wildman–Crippen MR) is 78.9 cm³/mol. The second-order valence-electron chi connectivity index (χ2n) is 4.63. The first-order chi connectivity index (χ1) is 7.34. The smallest absolute Gasteiger partial charge is 0.192 e. The minimum absolute atomic E-state index is 0.894. The molecule has 0 rings (SSSR count). The zero-order valence-electron chi connectivity index (χ0n) is 12.1. The molecule has 0 saturated carbocycles. The van der Waals surface area contributed by atoms with E-state index in [0.29, 0.717) is 0 Å². The maximum Gasteiger partial charge on any atom is 0.192 e. The molecule has 0 unspecified atom stereocenters. The minimum atomic E-state index is -0.913. The van der Waals surface area contributed by atoms with Crippen LogP contribution in [-0.4, -0.2) is 47.1 Å². The van der Waals surface area contributed by atoms with Gasteiger partial charge < -0.3 is 10.2 Å². The summed E-state index contributed by atoms with van der Waals surface area (Å²) in [6.07, 6.45) is 1.31. The van der Waals surface area contributed by atoms with Crippen LogP contribution in [0.3, 0.4) is 0 Å². The van der Waals surface area contributed by atoms with Gasteiger partial charge in [0.1, 0.15) is 0 Å². The first kappa shape index (κ1) is 17.6. The molecule has 0 aromatic heterocycles. The molecular formula is C12H29N3Si. The van der Waals surface area contributed by atoms with Crippen LogP contribution in [0.2, 0.25) is 19.1 Å². The van der Waals surface area contributed by atoms with Gasteiger partial charge in [-0.25, -0.2) is 0 Å². The Morgan fingerprint density at radius 1 is 1.44 bits per heavy atom. The lowest BCUT2D eigenvalue weighted by Gasteiger charge is -2.14. The lowest BCUT2D eigenvalue weighted by molar-refractivity contribution is 0.596. The number of nitrogens with zero attached hydrogens (tertiary/aromatic N) is 2. The molecule has 0 aromatic rings. The van der Waals surface area contributed by atoms with Gasteiger partial charge in [0, 0.05) is 28.2 Å². The Morgan fingerprint density at radius 2 is 1.94 bits per heavy atom. The van der Waals surface area contributed by atoms with Gasteiger partial charge in [0.15, 0.2) is 5.96 Å².